The van der Waals surface area contributed by atoms with Crippen molar-refractivity contribution in [2.24, 2.45) is 0 Å². The van der Waals surface area contributed by atoms with Crippen molar-refractivity contribution in [3.8, 4) is 0 Å². The Morgan fingerprint density at radius 2 is 1.41 bits per heavy atom. The van der Waals surface area contributed by atoms with Gasteiger partial charge in [-0.25, -0.2) is 0 Å². The first kappa shape index (κ1) is 24.4. The molecule has 0 radical (unpaired) electrons. The first-order chi connectivity index (χ1) is 16.6. The van der Waals surface area contributed by atoms with Gasteiger partial charge in [-0.3, -0.25) is 0 Å². The Balaban J connectivity index is 0.000000129. The predicted molar refractivity (Wildman–Crippen MR) is 145 cm³/mol. The van der Waals surface area contributed by atoms with E-state index < -0.39 is 7.12 Å². The second-order valence-electron chi connectivity index (χ2n) is 8.86. The van der Waals surface area contributed by atoms with E-state index in [4.69, 9.17) is 21.6 Å². The molecule has 2 aromatic carbocycles. The lowest BCUT2D eigenvalue weighted by molar-refractivity contribution is 0.426. The Hall–Kier alpha value is -2.73. The summed E-state index contributed by atoms with van der Waals surface area (Å²) in [5, 5.41) is 20.4. The first-order valence-electron chi connectivity index (χ1n) is 12.1. The summed E-state index contributed by atoms with van der Waals surface area (Å²) in [6.07, 6.45) is 20.2. The van der Waals surface area contributed by atoms with Gasteiger partial charge in [0, 0.05) is 29.3 Å². The monoisotopic (exact) mass is 474 g/mol. The molecule has 2 aromatic heterocycles. The first-order valence-corrected chi connectivity index (χ1v) is 12.5. The van der Waals surface area contributed by atoms with Crippen molar-refractivity contribution in [1.29, 1.82) is 0 Å². The number of allylic oxidation sites excluding steroid dienone is 4. The van der Waals surface area contributed by atoms with Crippen LogP contribution >= 0.6 is 11.6 Å². The van der Waals surface area contributed by atoms with Crippen LogP contribution in [0.4, 0.5) is 0 Å². The van der Waals surface area contributed by atoms with E-state index in [1.807, 2.05) is 24.5 Å². The summed E-state index contributed by atoms with van der Waals surface area (Å²) in [5.41, 5.74) is 4.12. The maximum absolute atomic E-state index is 8.86. The number of rotatable bonds is 2. The molecule has 176 valence electrons. The van der Waals surface area contributed by atoms with Gasteiger partial charge in [0.1, 0.15) is 0 Å². The number of H-pyrrole nitrogens is 2. The smallest absolute Gasteiger partial charge is 0.423 e. The fourth-order valence-electron chi connectivity index (χ4n) is 4.38. The van der Waals surface area contributed by atoms with Crippen molar-refractivity contribution in [2.75, 3.05) is 0 Å². The molecule has 0 aliphatic heterocycles. The number of hydrogen-bond acceptors (Lipinski definition) is 2. The Bertz CT molecular complexity index is 1240. The number of fused-ring (bicyclic) bond motifs is 2. The van der Waals surface area contributed by atoms with Crippen molar-refractivity contribution in [3.63, 3.8) is 0 Å². The zero-order chi connectivity index (χ0) is 23.8. The van der Waals surface area contributed by atoms with Crippen molar-refractivity contribution >= 4 is 46.0 Å². The predicted octanol–water partition coefficient (Wildman–Crippen LogP) is 6.17. The molecule has 2 aliphatic carbocycles. The Labute approximate surface area is 206 Å². The number of nitrogens with one attached hydrogen (secondary N) is 2. The molecule has 2 heterocycles. The highest BCUT2D eigenvalue weighted by molar-refractivity contribution is 6.58. The van der Waals surface area contributed by atoms with Gasteiger partial charge in [-0.15, -0.1) is 11.6 Å². The molecule has 4 nitrogen and oxygen atoms in total. The molecular weight excluding hydrogens is 443 g/mol. The molecular formula is C28H32BClN2O2. The van der Waals surface area contributed by atoms with Crippen LogP contribution in [0.2, 0.25) is 0 Å². The lowest BCUT2D eigenvalue weighted by atomic mass is 9.80. The van der Waals surface area contributed by atoms with E-state index in [1.54, 1.807) is 12.1 Å². The quantitative estimate of drug-likeness (QED) is 0.159. The van der Waals surface area contributed by atoms with Gasteiger partial charge in [0.15, 0.2) is 0 Å². The molecule has 0 saturated carbocycles. The van der Waals surface area contributed by atoms with E-state index in [0.717, 1.165) is 17.3 Å². The van der Waals surface area contributed by atoms with Crippen LogP contribution in [0.3, 0.4) is 0 Å². The molecule has 6 heteroatoms. The van der Waals surface area contributed by atoms with Gasteiger partial charge in [0.25, 0.3) is 0 Å². The lowest BCUT2D eigenvalue weighted by Crippen LogP contribution is -2.29. The van der Waals surface area contributed by atoms with Crippen LogP contribution in [0, 0.1) is 0 Å². The minimum Gasteiger partial charge on any atom is -0.423 e. The van der Waals surface area contributed by atoms with Gasteiger partial charge in [-0.2, -0.15) is 0 Å². The minimum atomic E-state index is -1.39. The molecule has 0 bridgehead atoms. The van der Waals surface area contributed by atoms with Gasteiger partial charge in [-0.05, 0) is 84.6 Å². The largest absolute Gasteiger partial charge is 0.488 e. The molecule has 2 aliphatic rings. The number of aromatic amines is 2. The molecule has 2 unspecified atom stereocenters. The molecule has 2 atom stereocenters. The summed E-state index contributed by atoms with van der Waals surface area (Å²) in [7, 11) is -1.39. The second-order valence-corrected chi connectivity index (χ2v) is 9.42. The van der Waals surface area contributed by atoms with Crippen LogP contribution in [0.25, 0.3) is 21.8 Å². The lowest BCUT2D eigenvalue weighted by Gasteiger charge is -2.16. The third-order valence-electron chi connectivity index (χ3n) is 6.33. The van der Waals surface area contributed by atoms with Gasteiger partial charge >= 0.3 is 7.12 Å². The van der Waals surface area contributed by atoms with Crippen molar-refractivity contribution in [2.45, 2.75) is 49.8 Å². The fraction of sp³-hybridized carbons (Fsp3) is 0.286. The molecule has 6 rings (SSSR count). The molecule has 4 aromatic rings. The standard InChI is InChI=1S/C14H15N.C8H8BNO2.C6H9Cl/c1-2-4-11(5-3-1)13-7-6-12-8-9-15-14(12)10-13;11-9(12)7-2-1-6-3-4-10-8(6)5-7;7-6-4-2-1-3-5-6/h2,4,6-11,15H,1,3,5H2;1-5,10-12H;2,4,6H,1,3,5H2. The highest BCUT2D eigenvalue weighted by atomic mass is 35.5. The van der Waals surface area contributed by atoms with E-state index in [-0.39, 0.29) is 0 Å². The van der Waals surface area contributed by atoms with E-state index in [9.17, 15) is 0 Å². The van der Waals surface area contributed by atoms with Crippen LogP contribution < -0.4 is 5.46 Å². The summed E-state index contributed by atoms with van der Waals surface area (Å²) in [6.45, 7) is 0. The normalized spacial score (nSPS) is 19.3. The Kier molecular flexibility index (Phi) is 8.70. The summed E-state index contributed by atoms with van der Waals surface area (Å²) < 4.78 is 0. The second kappa shape index (κ2) is 12.1. The fourth-order valence-corrected chi connectivity index (χ4v) is 4.64. The third kappa shape index (κ3) is 6.66. The van der Waals surface area contributed by atoms with E-state index in [0.29, 0.717) is 16.8 Å². The number of benzene rings is 2. The van der Waals surface area contributed by atoms with Gasteiger partial charge in [-0.1, -0.05) is 48.6 Å². The minimum absolute atomic E-state index is 0.328. The van der Waals surface area contributed by atoms with E-state index in [1.165, 1.54) is 48.6 Å². The van der Waals surface area contributed by atoms with Crippen LogP contribution in [0.15, 0.2) is 85.2 Å². The van der Waals surface area contributed by atoms with Crippen molar-refractivity contribution in [1.82, 2.24) is 9.97 Å². The Morgan fingerprint density at radius 3 is 1.97 bits per heavy atom. The van der Waals surface area contributed by atoms with Crippen LogP contribution in [0.1, 0.15) is 50.0 Å². The molecule has 34 heavy (non-hydrogen) atoms. The maximum Gasteiger partial charge on any atom is 0.488 e. The molecule has 0 saturated heterocycles. The molecule has 4 N–H and O–H groups in total. The summed E-state index contributed by atoms with van der Waals surface area (Å²) in [4.78, 5) is 6.27. The highest BCUT2D eigenvalue weighted by Gasteiger charge is 2.11. The number of aromatic nitrogens is 2. The summed E-state index contributed by atoms with van der Waals surface area (Å²) in [5.74, 6) is 0.631. The van der Waals surface area contributed by atoms with Crippen LogP contribution in [-0.2, 0) is 0 Å². The van der Waals surface area contributed by atoms with Crippen molar-refractivity contribution in [3.05, 3.63) is 90.8 Å². The van der Waals surface area contributed by atoms with Crippen LogP contribution in [0.5, 0.6) is 0 Å². The Morgan fingerprint density at radius 1 is 0.765 bits per heavy atom. The summed E-state index contributed by atoms with van der Waals surface area (Å²) >= 11 is 5.73. The number of hydrogen-bond donors (Lipinski definition) is 4. The molecule has 0 spiro atoms. The average molecular weight is 475 g/mol. The van der Waals surface area contributed by atoms with Gasteiger partial charge < -0.3 is 20.0 Å². The molecule has 0 amide bonds. The molecule has 0 fully saturated rings. The van der Waals surface area contributed by atoms with Gasteiger partial charge in [0.2, 0.25) is 0 Å². The van der Waals surface area contributed by atoms with E-state index >= 15 is 0 Å². The number of halogens is 1. The topological polar surface area (TPSA) is 72.0 Å². The number of alkyl halides is 1. The third-order valence-corrected chi connectivity index (χ3v) is 6.70. The van der Waals surface area contributed by atoms with Gasteiger partial charge in [0.05, 0.1) is 5.38 Å². The highest BCUT2D eigenvalue weighted by Crippen LogP contribution is 2.29. The SMILES string of the molecule is C1=CC(c2ccc3cc[nH]c3c2)CCC1.ClC1C=CCCC1.OB(O)c1ccc2cc[nH]c2c1. The summed E-state index contributed by atoms with van der Waals surface area (Å²) in [6, 6.07) is 16.1. The maximum atomic E-state index is 8.86. The zero-order valence-corrected chi connectivity index (χ0v) is 20.1. The zero-order valence-electron chi connectivity index (χ0n) is 19.3. The van der Waals surface area contributed by atoms with E-state index in [2.05, 4.69) is 58.5 Å². The van der Waals surface area contributed by atoms with Crippen molar-refractivity contribution < 1.29 is 10.0 Å². The average Bonchev–Trinajstić information content (AvgIpc) is 3.54. The van der Waals surface area contributed by atoms with Crippen LogP contribution in [-0.4, -0.2) is 32.5 Å².